The van der Waals surface area contributed by atoms with Gasteiger partial charge in [0.2, 0.25) is 0 Å². The van der Waals surface area contributed by atoms with Gasteiger partial charge in [0.15, 0.2) is 11.5 Å². The smallest absolute Gasteiger partial charge is 0.490 e. The van der Waals surface area contributed by atoms with Gasteiger partial charge in [-0.25, -0.2) is 9.78 Å². The number of imidazole rings is 1. The fraction of sp³-hybridized carbons (Fsp3) is 0.481. The van der Waals surface area contributed by atoms with E-state index in [4.69, 9.17) is 19.3 Å². The second kappa shape index (κ2) is 11.0. The molecule has 0 radical (unpaired) electrons. The summed E-state index contributed by atoms with van der Waals surface area (Å²) in [7, 11) is 0. The summed E-state index contributed by atoms with van der Waals surface area (Å²) in [6, 6.07) is 11.9. The van der Waals surface area contributed by atoms with E-state index in [1.807, 2.05) is 26.0 Å². The summed E-state index contributed by atoms with van der Waals surface area (Å²) in [5.41, 5.74) is 2.99. The highest BCUT2D eigenvalue weighted by atomic mass is 16.7. The lowest BCUT2D eigenvalue weighted by molar-refractivity contribution is 0.144. The third-order valence-corrected chi connectivity index (χ3v) is 6.25. The van der Waals surface area contributed by atoms with Crippen LogP contribution < -0.4 is 14.2 Å². The summed E-state index contributed by atoms with van der Waals surface area (Å²) in [4.78, 5) is 18.0. The van der Waals surface area contributed by atoms with Gasteiger partial charge in [-0.3, -0.25) is 4.90 Å². The predicted molar refractivity (Wildman–Crippen MR) is 135 cm³/mol. The molecule has 188 valence electrons. The molecule has 1 fully saturated rings. The van der Waals surface area contributed by atoms with E-state index >= 15 is 0 Å². The van der Waals surface area contributed by atoms with Crippen molar-refractivity contribution >= 4 is 17.2 Å². The van der Waals surface area contributed by atoms with E-state index in [-0.39, 0.29) is 5.75 Å². The van der Waals surface area contributed by atoms with Crippen LogP contribution in [0.25, 0.3) is 11.0 Å². The summed E-state index contributed by atoms with van der Waals surface area (Å²) in [6.07, 6.45) is 0.722. The van der Waals surface area contributed by atoms with Crippen LogP contribution in [-0.2, 0) is 6.54 Å². The number of aromatic nitrogens is 2. The number of rotatable bonds is 9. The molecular formula is C27H35N3O5. The monoisotopic (exact) mass is 481 g/mol. The third kappa shape index (κ3) is 6.06. The maximum atomic E-state index is 10.8. The van der Waals surface area contributed by atoms with Crippen molar-refractivity contribution < 1.29 is 24.1 Å². The molecule has 0 saturated carbocycles. The van der Waals surface area contributed by atoms with Crippen LogP contribution in [0.3, 0.4) is 0 Å². The van der Waals surface area contributed by atoms with E-state index in [9.17, 15) is 4.79 Å². The first-order valence-electron chi connectivity index (χ1n) is 12.3. The number of ether oxygens (including phenoxy) is 3. The molecule has 2 aromatic carbocycles. The number of benzene rings is 2. The number of piperidine rings is 1. The Hall–Kier alpha value is -3.26. The van der Waals surface area contributed by atoms with Crippen molar-refractivity contribution in [1.29, 1.82) is 0 Å². The fourth-order valence-electron chi connectivity index (χ4n) is 4.71. The molecule has 0 aliphatic carbocycles. The van der Waals surface area contributed by atoms with Crippen molar-refractivity contribution in [2.75, 3.05) is 26.3 Å². The van der Waals surface area contributed by atoms with Crippen LogP contribution in [0, 0.1) is 12.8 Å². The second-order valence-corrected chi connectivity index (χ2v) is 9.47. The van der Waals surface area contributed by atoms with E-state index in [0.29, 0.717) is 25.2 Å². The summed E-state index contributed by atoms with van der Waals surface area (Å²) >= 11 is 0. The molecule has 3 aromatic rings. The van der Waals surface area contributed by atoms with Gasteiger partial charge in [-0.15, -0.1) is 0 Å². The van der Waals surface area contributed by atoms with Gasteiger partial charge in [0, 0.05) is 31.7 Å². The van der Waals surface area contributed by atoms with Gasteiger partial charge in [-0.05, 0) is 62.4 Å². The highest BCUT2D eigenvalue weighted by molar-refractivity contribution is 5.79. The molecule has 1 aromatic heterocycles. The van der Waals surface area contributed by atoms with Gasteiger partial charge < -0.3 is 23.9 Å². The van der Waals surface area contributed by atoms with Crippen LogP contribution >= 0.6 is 0 Å². The van der Waals surface area contributed by atoms with Crippen LogP contribution in [0.15, 0.2) is 36.4 Å². The van der Waals surface area contributed by atoms with Crippen molar-refractivity contribution in [2.45, 2.75) is 53.1 Å². The lowest BCUT2D eigenvalue weighted by Crippen LogP contribution is -2.34. The van der Waals surface area contributed by atoms with Gasteiger partial charge in [-0.1, -0.05) is 19.9 Å². The number of nitrogens with zero attached hydrogens (tertiary/aromatic N) is 3. The van der Waals surface area contributed by atoms with Gasteiger partial charge in [0.05, 0.1) is 24.2 Å². The zero-order chi connectivity index (χ0) is 24.9. The Bertz CT molecular complexity index is 1170. The number of aryl methyl sites for hydroxylation is 1. The number of carboxylic acid groups (broad SMARTS) is 1. The molecule has 0 spiro atoms. The minimum Gasteiger partial charge on any atom is -0.490 e. The minimum atomic E-state index is -1.32. The zero-order valence-electron chi connectivity index (χ0n) is 21.0. The van der Waals surface area contributed by atoms with Crippen LogP contribution in [0.5, 0.6) is 17.2 Å². The molecular weight excluding hydrogens is 446 g/mol. The molecule has 8 nitrogen and oxygen atoms in total. The average molecular weight is 482 g/mol. The van der Waals surface area contributed by atoms with Crippen LogP contribution in [0.2, 0.25) is 0 Å². The number of carbonyl (C=O) groups is 1. The molecule has 0 bridgehead atoms. The quantitative estimate of drug-likeness (QED) is 0.311. The van der Waals surface area contributed by atoms with E-state index in [1.54, 1.807) is 12.1 Å². The topological polar surface area (TPSA) is 86.0 Å². The largest absolute Gasteiger partial charge is 0.511 e. The molecule has 1 aliphatic rings. The Morgan fingerprint density at radius 2 is 1.89 bits per heavy atom. The molecule has 0 amide bonds. The molecule has 0 atom stereocenters. The maximum absolute atomic E-state index is 10.8. The minimum absolute atomic E-state index is 0.288. The Morgan fingerprint density at radius 3 is 2.57 bits per heavy atom. The molecule has 4 rings (SSSR count). The number of hydrogen-bond donors (Lipinski definition) is 1. The lowest BCUT2D eigenvalue weighted by atomic mass is 10.0. The van der Waals surface area contributed by atoms with E-state index in [2.05, 4.69) is 40.4 Å². The van der Waals surface area contributed by atoms with Crippen LogP contribution in [0.1, 0.15) is 51.0 Å². The summed E-state index contributed by atoms with van der Waals surface area (Å²) in [6.45, 7) is 12.4. The van der Waals surface area contributed by atoms with Gasteiger partial charge in [0.1, 0.15) is 11.6 Å². The maximum Gasteiger partial charge on any atom is 0.511 e. The Balaban J connectivity index is 1.41. The highest BCUT2D eigenvalue weighted by Crippen LogP contribution is 2.33. The predicted octanol–water partition coefficient (Wildman–Crippen LogP) is 5.67. The van der Waals surface area contributed by atoms with Crippen molar-refractivity contribution in [2.24, 2.45) is 5.92 Å². The second-order valence-electron chi connectivity index (χ2n) is 9.47. The van der Waals surface area contributed by atoms with Gasteiger partial charge >= 0.3 is 6.16 Å². The first-order valence-corrected chi connectivity index (χ1v) is 12.3. The molecule has 0 unspecified atom stereocenters. The van der Waals surface area contributed by atoms with Crippen LogP contribution in [-0.4, -0.2) is 52.0 Å². The highest BCUT2D eigenvalue weighted by Gasteiger charge is 2.24. The number of likely N-dealkylation sites (tertiary alicyclic amines) is 1. The van der Waals surface area contributed by atoms with Gasteiger partial charge in [-0.2, -0.15) is 0 Å². The molecule has 1 saturated heterocycles. The zero-order valence-corrected chi connectivity index (χ0v) is 21.0. The van der Waals surface area contributed by atoms with Crippen molar-refractivity contribution in [3.05, 3.63) is 47.8 Å². The molecule has 8 heteroatoms. The Morgan fingerprint density at radius 1 is 1.11 bits per heavy atom. The average Bonchev–Trinajstić information content (AvgIpc) is 3.13. The third-order valence-electron chi connectivity index (χ3n) is 6.25. The summed E-state index contributed by atoms with van der Waals surface area (Å²) in [5.74, 6) is 3.30. The number of hydrogen-bond acceptors (Lipinski definition) is 6. The Labute approximate surface area is 206 Å². The SMILES string of the molecule is CCOc1cc(CN2CCC(n3c(C)nc4cc(OC(=O)O)ccc43)CC2)ccc1OCC(C)C. The molecule has 2 heterocycles. The summed E-state index contributed by atoms with van der Waals surface area (Å²) in [5, 5.41) is 8.87. The lowest BCUT2D eigenvalue weighted by Gasteiger charge is -2.33. The normalized spacial score (nSPS) is 15.0. The van der Waals surface area contributed by atoms with E-state index < -0.39 is 6.16 Å². The molecule has 35 heavy (non-hydrogen) atoms. The van der Waals surface area contributed by atoms with E-state index in [0.717, 1.165) is 60.8 Å². The van der Waals surface area contributed by atoms with Crippen molar-refractivity contribution in [3.8, 4) is 17.2 Å². The molecule has 1 N–H and O–H groups in total. The van der Waals surface area contributed by atoms with E-state index in [1.165, 1.54) is 5.56 Å². The van der Waals surface area contributed by atoms with Crippen molar-refractivity contribution in [3.63, 3.8) is 0 Å². The van der Waals surface area contributed by atoms with Gasteiger partial charge in [0.25, 0.3) is 0 Å². The van der Waals surface area contributed by atoms with Crippen LogP contribution in [0.4, 0.5) is 4.79 Å². The van der Waals surface area contributed by atoms with Crippen molar-refractivity contribution in [1.82, 2.24) is 14.5 Å². The first kappa shape index (κ1) is 24.9. The molecule has 1 aliphatic heterocycles. The first-order chi connectivity index (χ1) is 16.8. The fourth-order valence-corrected chi connectivity index (χ4v) is 4.71. The standard InChI is InChI=1S/C27H35N3O5/c1-5-33-26-14-20(6-9-25(26)34-17-18(2)3)16-29-12-10-21(11-13-29)30-19(4)28-23-15-22(35-27(31)32)7-8-24(23)30/h6-9,14-15,18,21H,5,10-13,16-17H2,1-4H3,(H,31,32). The summed E-state index contributed by atoms with van der Waals surface area (Å²) < 4.78 is 18.9. The number of fused-ring (bicyclic) bond motifs is 1. The Kier molecular flexibility index (Phi) is 7.80.